The Labute approximate surface area is 178 Å². The van der Waals surface area contributed by atoms with E-state index in [9.17, 15) is 9.59 Å². The van der Waals surface area contributed by atoms with Crippen molar-refractivity contribution in [1.29, 1.82) is 0 Å². The van der Waals surface area contributed by atoms with Crippen molar-refractivity contribution in [1.82, 2.24) is 4.57 Å². The van der Waals surface area contributed by atoms with E-state index >= 15 is 0 Å². The Bertz CT molecular complexity index is 1150. The molecule has 0 spiro atoms. The first kappa shape index (κ1) is 21.6. The van der Waals surface area contributed by atoms with Crippen molar-refractivity contribution in [2.45, 2.75) is 53.0 Å². The van der Waals surface area contributed by atoms with Crippen LogP contribution in [0.1, 0.15) is 61.5 Å². The van der Waals surface area contributed by atoms with Crippen molar-refractivity contribution < 1.29 is 4.79 Å². The lowest BCUT2D eigenvalue weighted by Gasteiger charge is -2.21. The highest BCUT2D eigenvalue weighted by Crippen LogP contribution is 2.29. The van der Waals surface area contributed by atoms with Gasteiger partial charge in [0.15, 0.2) is 0 Å². The topological polar surface area (TPSA) is 68.3 Å². The van der Waals surface area contributed by atoms with Crippen LogP contribution in [0.15, 0.2) is 47.3 Å². The first-order valence-corrected chi connectivity index (χ1v) is 10.6. The van der Waals surface area contributed by atoms with Gasteiger partial charge in [0.2, 0.25) is 0 Å². The third-order valence-corrected chi connectivity index (χ3v) is 5.64. The predicted molar refractivity (Wildman–Crippen MR) is 126 cm³/mol. The molecule has 0 unspecified atom stereocenters. The molecular formula is C25H31N3O2. The number of aryl methyl sites for hydroxylation is 2. The molecule has 2 aromatic carbocycles. The van der Waals surface area contributed by atoms with Crippen LogP contribution in [0.2, 0.25) is 0 Å². The maximum Gasteiger partial charge on any atom is 0.260 e. The third kappa shape index (κ3) is 3.97. The van der Waals surface area contributed by atoms with Gasteiger partial charge >= 0.3 is 0 Å². The van der Waals surface area contributed by atoms with Gasteiger partial charge in [0.05, 0.1) is 11.1 Å². The van der Waals surface area contributed by atoms with Crippen LogP contribution in [-0.2, 0) is 13.0 Å². The number of aromatic nitrogens is 1. The SMILES string of the molecule is CCCc1ccc(C(=O)N(C)c2ccc3c(c2)c(C(C)C)cc(=O)n3CC)c(N)c1. The van der Waals surface area contributed by atoms with Gasteiger partial charge in [-0.3, -0.25) is 9.59 Å². The maximum atomic E-state index is 13.2. The number of fused-ring (bicyclic) bond motifs is 1. The molecule has 5 heteroatoms. The molecular weight excluding hydrogens is 374 g/mol. The van der Waals surface area contributed by atoms with E-state index in [2.05, 4.69) is 20.8 Å². The zero-order chi connectivity index (χ0) is 22.0. The second-order valence-electron chi connectivity index (χ2n) is 8.07. The molecule has 1 aromatic heterocycles. The molecule has 1 heterocycles. The van der Waals surface area contributed by atoms with Crippen LogP contribution < -0.4 is 16.2 Å². The van der Waals surface area contributed by atoms with Gasteiger partial charge in [0, 0.05) is 36.4 Å². The number of benzene rings is 2. The number of nitrogens with zero attached hydrogens (tertiary/aromatic N) is 2. The molecule has 3 rings (SSSR count). The number of carbonyl (C=O) groups excluding carboxylic acids is 1. The summed E-state index contributed by atoms with van der Waals surface area (Å²) in [6, 6.07) is 13.2. The number of hydrogen-bond donors (Lipinski definition) is 1. The van der Waals surface area contributed by atoms with Crippen LogP contribution >= 0.6 is 0 Å². The highest BCUT2D eigenvalue weighted by atomic mass is 16.2. The average molecular weight is 406 g/mol. The number of nitrogens with two attached hydrogens (primary N) is 1. The molecule has 0 radical (unpaired) electrons. The van der Waals surface area contributed by atoms with Gasteiger partial charge in [-0.1, -0.05) is 33.3 Å². The van der Waals surface area contributed by atoms with Crippen LogP contribution in [0.4, 0.5) is 11.4 Å². The van der Waals surface area contributed by atoms with Crippen LogP contribution in [0.5, 0.6) is 0 Å². The van der Waals surface area contributed by atoms with Crippen molar-refractivity contribution in [3.05, 3.63) is 69.5 Å². The number of rotatable bonds is 6. The molecule has 3 aromatic rings. The minimum Gasteiger partial charge on any atom is -0.398 e. The summed E-state index contributed by atoms with van der Waals surface area (Å²) in [5, 5.41) is 0.995. The lowest BCUT2D eigenvalue weighted by Crippen LogP contribution is -2.27. The summed E-state index contributed by atoms with van der Waals surface area (Å²) < 4.78 is 1.76. The smallest absolute Gasteiger partial charge is 0.260 e. The van der Waals surface area contributed by atoms with Gasteiger partial charge in [-0.15, -0.1) is 0 Å². The molecule has 0 saturated carbocycles. The quantitative estimate of drug-likeness (QED) is 0.590. The lowest BCUT2D eigenvalue weighted by atomic mass is 9.98. The molecule has 0 atom stereocenters. The Kier molecular flexibility index (Phi) is 6.30. The molecule has 0 aliphatic heterocycles. The standard InChI is InChI=1S/C25H31N3O2/c1-6-8-17-9-11-19(22(26)13-17)25(30)27(5)18-10-12-23-21(14-18)20(16(3)4)15-24(29)28(23)7-2/h9-16H,6-8,26H2,1-5H3. The third-order valence-electron chi connectivity index (χ3n) is 5.64. The fourth-order valence-electron chi connectivity index (χ4n) is 3.96. The molecule has 2 N–H and O–H groups in total. The fourth-order valence-corrected chi connectivity index (χ4v) is 3.96. The molecule has 0 saturated heterocycles. The highest BCUT2D eigenvalue weighted by molar-refractivity contribution is 6.09. The maximum absolute atomic E-state index is 13.2. The van der Waals surface area contributed by atoms with Crippen molar-refractivity contribution in [3.8, 4) is 0 Å². The monoisotopic (exact) mass is 405 g/mol. The minimum atomic E-state index is -0.148. The molecule has 0 fully saturated rings. The van der Waals surface area contributed by atoms with E-state index in [0.29, 0.717) is 17.8 Å². The fraction of sp³-hybridized carbons (Fsp3) is 0.360. The number of amides is 1. The first-order valence-electron chi connectivity index (χ1n) is 10.6. The van der Waals surface area contributed by atoms with Crippen LogP contribution in [0.25, 0.3) is 10.9 Å². The van der Waals surface area contributed by atoms with Crippen LogP contribution in [0.3, 0.4) is 0 Å². The molecule has 158 valence electrons. The molecule has 5 nitrogen and oxygen atoms in total. The van der Waals surface area contributed by atoms with Gasteiger partial charge in [-0.25, -0.2) is 0 Å². The van der Waals surface area contributed by atoms with Gasteiger partial charge in [-0.2, -0.15) is 0 Å². The largest absolute Gasteiger partial charge is 0.398 e. The summed E-state index contributed by atoms with van der Waals surface area (Å²) in [5.74, 6) is 0.0505. The summed E-state index contributed by atoms with van der Waals surface area (Å²) in [6.45, 7) is 8.83. The zero-order valence-corrected chi connectivity index (χ0v) is 18.5. The van der Waals surface area contributed by atoms with Gasteiger partial charge in [-0.05, 0) is 60.7 Å². The Balaban J connectivity index is 2.06. The van der Waals surface area contributed by atoms with Gasteiger partial charge in [0.25, 0.3) is 11.5 Å². The second kappa shape index (κ2) is 8.74. The highest BCUT2D eigenvalue weighted by Gasteiger charge is 2.18. The average Bonchev–Trinajstić information content (AvgIpc) is 2.72. The van der Waals surface area contributed by atoms with E-state index in [1.54, 1.807) is 22.6 Å². The van der Waals surface area contributed by atoms with Crippen molar-refractivity contribution in [2.75, 3.05) is 17.7 Å². The molecule has 30 heavy (non-hydrogen) atoms. The summed E-state index contributed by atoms with van der Waals surface area (Å²) in [5.41, 5.74) is 11.0. The van der Waals surface area contributed by atoms with Gasteiger partial charge in [0.1, 0.15) is 0 Å². The number of carbonyl (C=O) groups is 1. The van der Waals surface area contributed by atoms with Crippen molar-refractivity contribution in [2.24, 2.45) is 0 Å². The van der Waals surface area contributed by atoms with Crippen LogP contribution in [-0.4, -0.2) is 17.5 Å². The number of anilines is 2. The summed E-state index contributed by atoms with van der Waals surface area (Å²) in [6.07, 6.45) is 1.97. The second-order valence-corrected chi connectivity index (χ2v) is 8.07. The van der Waals surface area contributed by atoms with Gasteiger partial charge < -0.3 is 15.2 Å². The predicted octanol–water partition coefficient (Wildman–Crippen LogP) is 4.96. The molecule has 0 aliphatic rings. The summed E-state index contributed by atoms with van der Waals surface area (Å²) in [7, 11) is 1.76. The Morgan fingerprint density at radius 3 is 2.43 bits per heavy atom. The summed E-state index contributed by atoms with van der Waals surface area (Å²) in [4.78, 5) is 27.3. The number of pyridine rings is 1. The number of hydrogen-bond acceptors (Lipinski definition) is 3. The lowest BCUT2D eigenvalue weighted by molar-refractivity contribution is 0.0994. The van der Waals surface area contributed by atoms with Crippen molar-refractivity contribution >= 4 is 28.2 Å². The Hall–Kier alpha value is -3.08. The van der Waals surface area contributed by atoms with E-state index in [1.807, 2.05) is 43.3 Å². The molecule has 1 amide bonds. The minimum absolute atomic E-state index is 0.00539. The van der Waals surface area contributed by atoms with E-state index in [4.69, 9.17) is 5.73 Å². The van der Waals surface area contributed by atoms with E-state index in [-0.39, 0.29) is 17.4 Å². The van der Waals surface area contributed by atoms with E-state index in [1.165, 1.54) is 0 Å². The molecule has 0 bridgehead atoms. The van der Waals surface area contributed by atoms with E-state index < -0.39 is 0 Å². The number of nitrogen functional groups attached to an aromatic ring is 1. The van der Waals surface area contributed by atoms with Crippen LogP contribution in [0, 0.1) is 0 Å². The Morgan fingerprint density at radius 2 is 1.83 bits per heavy atom. The Morgan fingerprint density at radius 1 is 1.10 bits per heavy atom. The summed E-state index contributed by atoms with van der Waals surface area (Å²) >= 11 is 0. The van der Waals surface area contributed by atoms with Crippen molar-refractivity contribution in [3.63, 3.8) is 0 Å². The van der Waals surface area contributed by atoms with E-state index in [0.717, 1.165) is 40.6 Å². The molecule has 0 aliphatic carbocycles. The normalized spacial score (nSPS) is 11.3. The zero-order valence-electron chi connectivity index (χ0n) is 18.5. The first-order chi connectivity index (χ1) is 14.3.